The molecule has 0 spiro atoms. The summed E-state index contributed by atoms with van der Waals surface area (Å²) in [7, 11) is -2.26. The second-order valence-electron chi connectivity index (χ2n) is 4.48. The summed E-state index contributed by atoms with van der Waals surface area (Å²) in [6.07, 6.45) is 0. The van der Waals surface area contributed by atoms with Crippen molar-refractivity contribution in [1.82, 2.24) is 4.31 Å². The van der Waals surface area contributed by atoms with Crippen LogP contribution < -0.4 is 0 Å². The van der Waals surface area contributed by atoms with Gasteiger partial charge in [-0.1, -0.05) is 35.3 Å². The zero-order valence-electron chi connectivity index (χ0n) is 11.2. The van der Waals surface area contributed by atoms with E-state index in [1.54, 1.807) is 19.1 Å². The number of sulfonamides is 1. The van der Waals surface area contributed by atoms with Crippen LogP contribution in [0.25, 0.3) is 0 Å². The summed E-state index contributed by atoms with van der Waals surface area (Å²) in [5, 5.41) is 9.29. The maximum Gasteiger partial charge on any atom is 0.245 e. The molecule has 21 heavy (non-hydrogen) atoms. The third-order valence-corrected chi connectivity index (χ3v) is 6.88. The molecule has 2 rings (SSSR count). The molecule has 0 saturated carbocycles. The lowest BCUT2D eigenvalue weighted by atomic mass is 10.1. The van der Waals surface area contributed by atoms with Gasteiger partial charge in [-0.25, -0.2) is 8.42 Å². The Hall–Kier alpha value is -0.790. The van der Waals surface area contributed by atoms with Gasteiger partial charge in [-0.15, -0.1) is 11.3 Å². The first-order chi connectivity index (χ1) is 9.73. The van der Waals surface area contributed by atoms with Crippen LogP contribution in [-0.2, 0) is 10.0 Å². The molecule has 2 aromatic rings. The number of thiophene rings is 1. The summed E-state index contributed by atoms with van der Waals surface area (Å²) in [4.78, 5) is 0.00675. The van der Waals surface area contributed by atoms with E-state index in [9.17, 15) is 13.5 Å². The van der Waals surface area contributed by atoms with Crippen LogP contribution in [0.3, 0.4) is 0 Å². The molecule has 0 aliphatic heterocycles. The summed E-state index contributed by atoms with van der Waals surface area (Å²) >= 11 is 12.8. The van der Waals surface area contributed by atoms with Gasteiger partial charge in [0.05, 0.1) is 4.34 Å². The molecular formula is C13H13Cl2NO3S2. The Morgan fingerprint density at radius 2 is 1.81 bits per heavy atom. The second-order valence-corrected chi connectivity index (χ2v) is 8.73. The highest BCUT2D eigenvalue weighted by atomic mass is 35.5. The van der Waals surface area contributed by atoms with Gasteiger partial charge in [0.25, 0.3) is 0 Å². The lowest BCUT2D eigenvalue weighted by molar-refractivity contribution is 0.398. The summed E-state index contributed by atoms with van der Waals surface area (Å²) in [6, 6.07) is 7.32. The molecule has 114 valence electrons. The summed E-state index contributed by atoms with van der Waals surface area (Å²) in [5.74, 6) is 0.129. The van der Waals surface area contributed by atoms with Gasteiger partial charge in [-0.05, 0) is 30.7 Å². The van der Waals surface area contributed by atoms with Crippen LogP contribution in [0.2, 0.25) is 8.67 Å². The highest BCUT2D eigenvalue weighted by molar-refractivity contribution is 7.89. The highest BCUT2D eigenvalue weighted by Crippen LogP contribution is 2.37. The first-order valence-corrected chi connectivity index (χ1v) is 8.96. The molecule has 0 radical (unpaired) electrons. The number of halogens is 2. The lowest BCUT2D eigenvalue weighted by Gasteiger charge is -2.24. The van der Waals surface area contributed by atoms with E-state index in [1.165, 1.54) is 29.6 Å². The molecule has 0 fully saturated rings. The minimum Gasteiger partial charge on any atom is -0.508 e. The Morgan fingerprint density at radius 3 is 2.29 bits per heavy atom. The van der Waals surface area contributed by atoms with Crippen LogP contribution in [0, 0.1) is 0 Å². The van der Waals surface area contributed by atoms with Crippen molar-refractivity contribution in [2.45, 2.75) is 17.9 Å². The van der Waals surface area contributed by atoms with E-state index in [2.05, 4.69) is 0 Å². The van der Waals surface area contributed by atoms with Crippen LogP contribution in [0.4, 0.5) is 0 Å². The average Bonchev–Trinajstić information content (AvgIpc) is 2.77. The Morgan fingerprint density at radius 1 is 1.24 bits per heavy atom. The van der Waals surface area contributed by atoms with Gasteiger partial charge in [-0.3, -0.25) is 0 Å². The van der Waals surface area contributed by atoms with Crippen molar-refractivity contribution in [2.24, 2.45) is 0 Å². The van der Waals surface area contributed by atoms with Crippen molar-refractivity contribution in [3.05, 3.63) is 44.6 Å². The van der Waals surface area contributed by atoms with Crippen molar-refractivity contribution in [1.29, 1.82) is 0 Å². The third kappa shape index (κ3) is 3.35. The van der Waals surface area contributed by atoms with Gasteiger partial charge < -0.3 is 5.11 Å². The van der Waals surface area contributed by atoms with Gasteiger partial charge in [-0.2, -0.15) is 4.31 Å². The molecule has 0 aliphatic carbocycles. The molecule has 0 saturated heterocycles. The molecule has 1 aromatic carbocycles. The number of rotatable bonds is 4. The van der Waals surface area contributed by atoms with Crippen molar-refractivity contribution in [3.63, 3.8) is 0 Å². The molecular weight excluding hydrogens is 353 g/mol. The fourth-order valence-corrected chi connectivity index (χ4v) is 5.29. The molecule has 8 heteroatoms. The minimum absolute atomic E-state index is 0.00675. The van der Waals surface area contributed by atoms with E-state index >= 15 is 0 Å². The number of benzene rings is 1. The van der Waals surface area contributed by atoms with Crippen LogP contribution in [-0.4, -0.2) is 24.9 Å². The monoisotopic (exact) mass is 365 g/mol. The Kier molecular flexibility index (Phi) is 4.85. The summed E-state index contributed by atoms with van der Waals surface area (Å²) in [5.41, 5.74) is 0.760. The van der Waals surface area contributed by atoms with Crippen molar-refractivity contribution >= 4 is 44.6 Å². The molecule has 0 amide bonds. The Balaban J connectivity index is 2.36. The normalized spacial score (nSPS) is 13.6. The number of hydrogen-bond acceptors (Lipinski definition) is 4. The largest absolute Gasteiger partial charge is 0.508 e. The van der Waals surface area contributed by atoms with Crippen LogP contribution in [0.1, 0.15) is 18.5 Å². The number of phenolic OH excluding ortho intramolecular Hbond substituents is 1. The smallest absolute Gasteiger partial charge is 0.245 e. The topological polar surface area (TPSA) is 57.6 Å². The number of nitrogens with zero attached hydrogens (tertiary/aromatic N) is 1. The first-order valence-electron chi connectivity index (χ1n) is 5.95. The Labute approximate surface area is 137 Å². The van der Waals surface area contributed by atoms with Crippen LogP contribution >= 0.6 is 34.5 Å². The van der Waals surface area contributed by atoms with Crippen molar-refractivity contribution in [3.8, 4) is 5.75 Å². The maximum atomic E-state index is 12.6. The fourth-order valence-electron chi connectivity index (χ4n) is 1.83. The molecule has 1 N–H and O–H groups in total. The van der Waals surface area contributed by atoms with Gasteiger partial charge in [0.2, 0.25) is 10.0 Å². The van der Waals surface area contributed by atoms with Crippen molar-refractivity contribution < 1.29 is 13.5 Å². The number of aromatic hydroxyl groups is 1. The minimum atomic E-state index is -3.74. The molecule has 0 bridgehead atoms. The van der Waals surface area contributed by atoms with Gasteiger partial charge in [0, 0.05) is 13.1 Å². The van der Waals surface area contributed by atoms with Gasteiger partial charge >= 0.3 is 0 Å². The summed E-state index contributed by atoms with van der Waals surface area (Å²) < 4.78 is 26.9. The van der Waals surface area contributed by atoms with Gasteiger partial charge in [0.1, 0.15) is 15.0 Å². The van der Waals surface area contributed by atoms with Gasteiger partial charge in [0.15, 0.2) is 0 Å². The predicted molar refractivity (Wildman–Crippen MR) is 85.8 cm³/mol. The maximum absolute atomic E-state index is 12.6. The van der Waals surface area contributed by atoms with E-state index in [1.807, 2.05) is 0 Å². The SMILES string of the molecule is CC(c1ccc(O)cc1)N(C)S(=O)(=O)c1cc(Cl)sc1Cl. The summed E-state index contributed by atoms with van der Waals surface area (Å²) in [6.45, 7) is 1.76. The quantitative estimate of drug-likeness (QED) is 0.885. The predicted octanol–water partition coefficient (Wildman–Crippen LogP) is 4.14. The molecule has 1 atom stereocenters. The molecule has 1 heterocycles. The fraction of sp³-hybridized carbons (Fsp3) is 0.231. The Bertz CT molecular complexity index is 741. The molecule has 0 aliphatic rings. The van der Waals surface area contributed by atoms with E-state index in [-0.39, 0.29) is 15.0 Å². The molecule has 1 unspecified atom stereocenters. The van der Waals surface area contributed by atoms with Crippen molar-refractivity contribution in [2.75, 3.05) is 7.05 Å². The standard InChI is InChI=1S/C13H13Cl2NO3S2/c1-8(9-3-5-10(17)6-4-9)16(2)21(18,19)11-7-12(14)20-13(11)15/h3-8,17H,1-2H3. The van der Waals surface area contributed by atoms with Crippen LogP contribution in [0.5, 0.6) is 5.75 Å². The van der Waals surface area contributed by atoms with E-state index in [0.717, 1.165) is 16.9 Å². The third-order valence-electron chi connectivity index (χ3n) is 3.20. The zero-order chi connectivity index (χ0) is 15.8. The second kappa shape index (κ2) is 6.14. The van der Waals surface area contributed by atoms with E-state index in [4.69, 9.17) is 23.2 Å². The number of phenols is 1. The van der Waals surface area contributed by atoms with Crippen LogP contribution in [0.15, 0.2) is 35.2 Å². The average molecular weight is 366 g/mol. The molecule has 4 nitrogen and oxygen atoms in total. The highest BCUT2D eigenvalue weighted by Gasteiger charge is 2.29. The van der Waals surface area contributed by atoms with E-state index in [0.29, 0.717) is 4.34 Å². The number of hydrogen-bond donors (Lipinski definition) is 1. The first kappa shape index (κ1) is 16.6. The van der Waals surface area contributed by atoms with E-state index < -0.39 is 16.1 Å². The zero-order valence-corrected chi connectivity index (χ0v) is 14.4. The molecule has 1 aromatic heterocycles. The lowest BCUT2D eigenvalue weighted by Crippen LogP contribution is -2.29.